The molecule has 0 unspecified atom stereocenters. The van der Waals surface area contributed by atoms with Crippen LogP contribution in [0.2, 0.25) is 0 Å². The highest BCUT2D eigenvalue weighted by atomic mass is 32.2. The average Bonchev–Trinajstić information content (AvgIpc) is 3.30. The first-order valence-electron chi connectivity index (χ1n) is 13.5. The van der Waals surface area contributed by atoms with E-state index in [-0.39, 0.29) is 35.1 Å². The smallest absolute Gasteiger partial charge is 0.384 e. The van der Waals surface area contributed by atoms with Crippen molar-refractivity contribution in [2.75, 3.05) is 43.9 Å². The number of sulfonamides is 1. The molecule has 3 N–H and O–H groups in total. The summed E-state index contributed by atoms with van der Waals surface area (Å²) >= 11 is 0. The minimum Gasteiger partial charge on any atom is -0.384 e. The number of nitrogens with one attached hydrogen (secondary N) is 1. The molecule has 3 aliphatic rings. The van der Waals surface area contributed by atoms with Gasteiger partial charge in [-0.2, -0.15) is 17.5 Å². The van der Waals surface area contributed by atoms with Gasteiger partial charge in [0.1, 0.15) is 5.82 Å². The maximum atomic E-state index is 13.4. The van der Waals surface area contributed by atoms with Crippen molar-refractivity contribution in [3.05, 3.63) is 71.4 Å². The van der Waals surface area contributed by atoms with E-state index in [2.05, 4.69) is 22.4 Å². The Morgan fingerprint density at radius 1 is 1.00 bits per heavy atom. The molecular formula is C29H31F3N4O3S. The van der Waals surface area contributed by atoms with E-state index >= 15 is 0 Å². The Bertz CT molecular complexity index is 1510. The van der Waals surface area contributed by atoms with Crippen molar-refractivity contribution in [3.63, 3.8) is 0 Å². The number of ether oxygens (including phenoxy) is 1. The van der Waals surface area contributed by atoms with Gasteiger partial charge in [0, 0.05) is 50.1 Å². The largest absolute Gasteiger partial charge is 0.417 e. The molecule has 2 fully saturated rings. The van der Waals surface area contributed by atoms with Gasteiger partial charge in [0.15, 0.2) is 0 Å². The molecule has 1 aromatic heterocycles. The Kier molecular flexibility index (Phi) is 6.79. The minimum absolute atomic E-state index is 0.0509. The number of anilines is 2. The summed E-state index contributed by atoms with van der Waals surface area (Å²) in [5.74, 6) is -0.244. The zero-order valence-electron chi connectivity index (χ0n) is 21.9. The number of rotatable bonds is 4. The van der Waals surface area contributed by atoms with Crippen LogP contribution in [0.1, 0.15) is 48.3 Å². The first-order chi connectivity index (χ1) is 19.1. The van der Waals surface area contributed by atoms with Crippen LogP contribution in [0.3, 0.4) is 0 Å². The third kappa shape index (κ3) is 4.84. The lowest BCUT2D eigenvalue weighted by Gasteiger charge is -2.33. The second-order valence-corrected chi connectivity index (χ2v) is 12.8. The fraction of sp³-hybridized carbons (Fsp3) is 0.414. The number of hydrogen-bond acceptors (Lipinski definition) is 6. The van der Waals surface area contributed by atoms with Gasteiger partial charge >= 0.3 is 6.18 Å². The van der Waals surface area contributed by atoms with Gasteiger partial charge < -0.3 is 15.8 Å². The van der Waals surface area contributed by atoms with Crippen molar-refractivity contribution in [2.24, 2.45) is 0 Å². The van der Waals surface area contributed by atoms with E-state index in [0.29, 0.717) is 18.4 Å². The molecule has 2 saturated heterocycles. The maximum absolute atomic E-state index is 13.4. The zero-order valence-corrected chi connectivity index (χ0v) is 22.7. The van der Waals surface area contributed by atoms with Gasteiger partial charge in [-0.3, -0.25) is 0 Å². The molecule has 0 radical (unpaired) electrons. The van der Waals surface area contributed by atoms with Crippen LogP contribution in [0.5, 0.6) is 0 Å². The normalized spacial score (nSPS) is 19.9. The lowest BCUT2D eigenvalue weighted by Crippen LogP contribution is -2.38. The highest BCUT2D eigenvalue weighted by Crippen LogP contribution is 2.45. The molecule has 0 bridgehead atoms. The molecule has 4 heterocycles. The molecule has 0 aliphatic carbocycles. The number of nitrogens with two attached hydrogens (primary N) is 1. The molecule has 3 aliphatic heterocycles. The quantitative estimate of drug-likeness (QED) is 0.435. The van der Waals surface area contributed by atoms with E-state index in [9.17, 15) is 21.6 Å². The maximum Gasteiger partial charge on any atom is 0.417 e. The molecular weight excluding hydrogens is 541 g/mol. The Labute approximate surface area is 231 Å². The van der Waals surface area contributed by atoms with Gasteiger partial charge in [-0.15, -0.1) is 0 Å². The fourth-order valence-electron chi connectivity index (χ4n) is 6.23. The number of fused-ring (bicyclic) bond motifs is 2. The lowest BCUT2D eigenvalue weighted by atomic mass is 9.75. The first kappa shape index (κ1) is 27.0. The number of halogens is 3. The van der Waals surface area contributed by atoms with Gasteiger partial charge in [-0.1, -0.05) is 18.2 Å². The van der Waals surface area contributed by atoms with Crippen LogP contribution >= 0.6 is 0 Å². The number of nitrogen functional groups attached to an aromatic ring is 1. The number of nitrogens with zero attached hydrogens (tertiary/aromatic N) is 2. The Morgan fingerprint density at radius 3 is 2.35 bits per heavy atom. The minimum atomic E-state index is -4.52. The van der Waals surface area contributed by atoms with Gasteiger partial charge in [0.05, 0.1) is 10.5 Å². The summed E-state index contributed by atoms with van der Waals surface area (Å²) in [4.78, 5) is 3.92. The Balaban J connectivity index is 1.17. The number of pyridine rings is 1. The predicted octanol–water partition coefficient (Wildman–Crippen LogP) is 5.39. The molecule has 6 rings (SSSR count). The molecule has 0 atom stereocenters. The number of hydrogen-bond donors (Lipinski definition) is 2. The lowest BCUT2D eigenvalue weighted by molar-refractivity contribution is -0.137. The van der Waals surface area contributed by atoms with E-state index < -0.39 is 21.8 Å². The van der Waals surface area contributed by atoms with E-state index in [1.165, 1.54) is 9.87 Å². The molecule has 0 saturated carbocycles. The summed E-state index contributed by atoms with van der Waals surface area (Å²) in [6, 6.07) is 14.3. The summed E-state index contributed by atoms with van der Waals surface area (Å²) in [6.45, 7) is 2.78. The third-order valence-corrected chi connectivity index (χ3v) is 10.6. The van der Waals surface area contributed by atoms with E-state index in [0.717, 1.165) is 61.7 Å². The van der Waals surface area contributed by atoms with Crippen LogP contribution in [-0.2, 0) is 26.4 Å². The number of alkyl halides is 3. The summed E-state index contributed by atoms with van der Waals surface area (Å²) in [5.41, 5.74) is 9.85. The molecule has 0 amide bonds. The Hall–Kier alpha value is -3.15. The predicted molar refractivity (Wildman–Crippen MR) is 146 cm³/mol. The van der Waals surface area contributed by atoms with E-state index in [1.54, 1.807) is 12.1 Å². The first-order valence-corrected chi connectivity index (χ1v) is 14.9. The summed E-state index contributed by atoms with van der Waals surface area (Å²) in [5, 5.41) is 3.53. The fourth-order valence-corrected chi connectivity index (χ4v) is 7.70. The molecule has 212 valence electrons. The summed E-state index contributed by atoms with van der Waals surface area (Å²) < 4.78 is 73.3. The van der Waals surface area contributed by atoms with Crippen LogP contribution in [0.4, 0.5) is 24.7 Å². The second-order valence-electron chi connectivity index (χ2n) is 10.9. The SMILES string of the molecule is Nc1ncc(C(F)(F)F)cc1C1CCN(S(=O)(=O)c2ccc(-c3ccc4c(c3)C3(CCOCC3)CN4)cc2)CC1. The zero-order chi connectivity index (χ0) is 28.1. The molecule has 11 heteroatoms. The van der Waals surface area contributed by atoms with Gasteiger partial charge in [-0.25, -0.2) is 13.4 Å². The van der Waals surface area contributed by atoms with Crippen molar-refractivity contribution in [2.45, 2.75) is 48.1 Å². The van der Waals surface area contributed by atoms with Gasteiger partial charge in [-0.05, 0) is 84.2 Å². The number of benzene rings is 2. The third-order valence-electron chi connectivity index (χ3n) is 8.65. The van der Waals surface area contributed by atoms with Crippen LogP contribution < -0.4 is 11.1 Å². The highest BCUT2D eigenvalue weighted by Gasteiger charge is 2.40. The van der Waals surface area contributed by atoms with Gasteiger partial charge in [0.25, 0.3) is 0 Å². The second kappa shape index (κ2) is 10.0. The van der Waals surface area contributed by atoms with Crippen LogP contribution in [0.25, 0.3) is 11.1 Å². The molecule has 3 aromatic rings. The highest BCUT2D eigenvalue weighted by molar-refractivity contribution is 7.89. The summed E-state index contributed by atoms with van der Waals surface area (Å²) in [7, 11) is -3.76. The molecule has 7 nitrogen and oxygen atoms in total. The molecule has 2 aromatic carbocycles. The van der Waals surface area contributed by atoms with Gasteiger partial charge in [0.2, 0.25) is 10.0 Å². The van der Waals surface area contributed by atoms with Crippen molar-refractivity contribution in [3.8, 4) is 11.1 Å². The van der Waals surface area contributed by atoms with Crippen LogP contribution in [-0.4, -0.2) is 50.6 Å². The number of piperidine rings is 1. The number of aromatic nitrogens is 1. The monoisotopic (exact) mass is 572 g/mol. The Morgan fingerprint density at radius 2 is 1.68 bits per heavy atom. The molecule has 1 spiro atoms. The van der Waals surface area contributed by atoms with E-state index in [1.807, 2.05) is 18.2 Å². The standard InChI is InChI=1S/C29H31F3N4O3S/c30-29(31,32)22-16-24(27(33)34-17-22)20-7-11-36(12-8-20)40(37,38)23-4-1-19(2-5-23)21-3-6-26-25(15-21)28(18-35-26)9-13-39-14-10-28/h1-6,15-17,20,35H,7-14,18H2,(H2,33,34). The van der Waals surface area contributed by atoms with Crippen molar-refractivity contribution in [1.29, 1.82) is 0 Å². The van der Waals surface area contributed by atoms with Crippen LogP contribution in [0, 0.1) is 0 Å². The topological polar surface area (TPSA) is 97.5 Å². The average molecular weight is 573 g/mol. The molecule has 40 heavy (non-hydrogen) atoms. The van der Waals surface area contributed by atoms with Crippen molar-refractivity contribution < 1.29 is 26.3 Å². The van der Waals surface area contributed by atoms with Crippen molar-refractivity contribution in [1.82, 2.24) is 9.29 Å². The van der Waals surface area contributed by atoms with Crippen molar-refractivity contribution >= 4 is 21.5 Å². The summed E-state index contributed by atoms with van der Waals surface area (Å²) in [6.07, 6.45) is -1.12. The van der Waals surface area contributed by atoms with E-state index in [4.69, 9.17) is 10.5 Å². The van der Waals surface area contributed by atoms with Crippen LogP contribution in [0.15, 0.2) is 59.6 Å².